The molecule has 0 unspecified atom stereocenters. The van der Waals surface area contributed by atoms with Gasteiger partial charge in [0.25, 0.3) is 0 Å². The van der Waals surface area contributed by atoms with E-state index in [4.69, 9.17) is 23.2 Å². The fourth-order valence-corrected chi connectivity index (χ4v) is 3.37. The Labute approximate surface area is 124 Å². The molecule has 2 aromatic rings. The van der Waals surface area contributed by atoms with Gasteiger partial charge in [-0.2, -0.15) is 0 Å². The third kappa shape index (κ3) is 2.57. The smallest absolute Gasteiger partial charge is 0.232 e. The minimum atomic E-state index is -0.893. The highest BCUT2D eigenvalue weighted by Gasteiger charge is 2.56. The van der Waals surface area contributed by atoms with Crippen molar-refractivity contribution in [3.8, 4) is 0 Å². The maximum absolute atomic E-state index is 11.9. The average Bonchev–Trinajstić information content (AvgIpc) is 2.83. The normalized spacial score (nSPS) is 20.5. The highest BCUT2D eigenvalue weighted by atomic mass is 35.5. The number of aryl methyl sites for hydroxylation is 1. The van der Waals surface area contributed by atoms with Crippen molar-refractivity contribution in [3.63, 3.8) is 0 Å². The number of carbonyl (C=O) groups is 1. The van der Waals surface area contributed by atoms with E-state index in [1.165, 1.54) is 16.9 Å². The van der Waals surface area contributed by atoms with Gasteiger partial charge in [-0.1, -0.05) is 24.3 Å². The number of rotatable bonds is 3. The lowest BCUT2D eigenvalue weighted by Crippen LogP contribution is -2.16. The number of alkyl halides is 2. The van der Waals surface area contributed by atoms with E-state index in [9.17, 15) is 4.79 Å². The monoisotopic (exact) mass is 314 g/mol. The van der Waals surface area contributed by atoms with Crippen molar-refractivity contribution in [2.45, 2.75) is 24.1 Å². The standard InChI is InChI=1S/C13H12Cl2N2OS/c1-2-7-3-4-9-10(5-7)19-12(16-9)17-11(18)8-6-13(8,14)15/h3-5,8H,2,6H2,1H3,(H,16,17,18)/t8-/m1/s1. The van der Waals surface area contributed by atoms with E-state index in [0.717, 1.165) is 16.6 Å². The van der Waals surface area contributed by atoms with Crippen molar-refractivity contribution in [1.29, 1.82) is 0 Å². The molecule has 100 valence electrons. The largest absolute Gasteiger partial charge is 0.302 e. The van der Waals surface area contributed by atoms with Gasteiger partial charge in [0.2, 0.25) is 5.91 Å². The number of nitrogens with one attached hydrogen (secondary N) is 1. The van der Waals surface area contributed by atoms with Crippen LogP contribution in [0.3, 0.4) is 0 Å². The van der Waals surface area contributed by atoms with Crippen molar-refractivity contribution in [1.82, 2.24) is 4.98 Å². The van der Waals surface area contributed by atoms with Crippen LogP contribution in [0, 0.1) is 5.92 Å². The van der Waals surface area contributed by atoms with Gasteiger partial charge in [-0.15, -0.1) is 23.2 Å². The third-order valence-corrected chi connectivity index (χ3v) is 5.00. The summed E-state index contributed by atoms with van der Waals surface area (Å²) in [5.74, 6) is -0.478. The Morgan fingerprint density at radius 3 is 2.95 bits per heavy atom. The molecule has 1 N–H and O–H groups in total. The summed E-state index contributed by atoms with van der Waals surface area (Å²) in [6, 6.07) is 6.13. The van der Waals surface area contributed by atoms with Crippen molar-refractivity contribution in [2.75, 3.05) is 5.32 Å². The van der Waals surface area contributed by atoms with Crippen LogP contribution >= 0.6 is 34.5 Å². The molecule has 1 amide bonds. The molecule has 0 radical (unpaired) electrons. The summed E-state index contributed by atoms with van der Waals surface area (Å²) in [7, 11) is 0. The highest BCUT2D eigenvalue weighted by molar-refractivity contribution is 7.22. The van der Waals surface area contributed by atoms with Gasteiger partial charge in [0, 0.05) is 0 Å². The first-order valence-corrected chi connectivity index (χ1v) is 7.65. The fraction of sp³-hybridized carbons (Fsp3) is 0.385. The predicted octanol–water partition coefficient (Wildman–Crippen LogP) is 3.99. The lowest BCUT2D eigenvalue weighted by atomic mass is 10.2. The van der Waals surface area contributed by atoms with Gasteiger partial charge in [0.1, 0.15) is 4.33 Å². The number of benzene rings is 1. The predicted molar refractivity (Wildman–Crippen MR) is 80.2 cm³/mol. The summed E-state index contributed by atoms with van der Waals surface area (Å²) in [4.78, 5) is 16.3. The highest BCUT2D eigenvalue weighted by Crippen LogP contribution is 2.53. The van der Waals surface area contributed by atoms with Crippen LogP contribution in [0.1, 0.15) is 18.9 Å². The van der Waals surface area contributed by atoms with Crippen LogP contribution in [-0.2, 0) is 11.2 Å². The number of fused-ring (bicyclic) bond motifs is 1. The molecule has 1 saturated carbocycles. The zero-order valence-corrected chi connectivity index (χ0v) is 12.6. The summed E-state index contributed by atoms with van der Waals surface area (Å²) < 4.78 is 0.185. The molecule has 3 nitrogen and oxygen atoms in total. The average molecular weight is 315 g/mol. The molecule has 0 aliphatic heterocycles. The SMILES string of the molecule is CCc1ccc2nc(NC(=O)[C@H]3CC3(Cl)Cl)sc2c1. The number of hydrogen-bond donors (Lipinski definition) is 1. The second-order valence-corrected chi connectivity index (χ2v) is 7.25. The number of carbonyl (C=O) groups excluding carboxylic acids is 1. The Hall–Kier alpha value is -0.840. The first-order valence-electron chi connectivity index (χ1n) is 6.08. The second kappa shape index (κ2) is 4.62. The van der Waals surface area contributed by atoms with Gasteiger partial charge < -0.3 is 5.32 Å². The van der Waals surface area contributed by atoms with Gasteiger partial charge >= 0.3 is 0 Å². The molecule has 1 aromatic heterocycles. The van der Waals surface area contributed by atoms with E-state index < -0.39 is 4.33 Å². The Morgan fingerprint density at radius 2 is 2.32 bits per heavy atom. The van der Waals surface area contributed by atoms with E-state index in [1.54, 1.807) is 0 Å². The van der Waals surface area contributed by atoms with Crippen LogP contribution in [-0.4, -0.2) is 15.2 Å². The van der Waals surface area contributed by atoms with Crippen molar-refractivity contribution in [3.05, 3.63) is 23.8 Å². The van der Waals surface area contributed by atoms with E-state index in [-0.39, 0.29) is 11.8 Å². The zero-order valence-electron chi connectivity index (χ0n) is 10.2. The number of aromatic nitrogens is 1. The van der Waals surface area contributed by atoms with E-state index in [2.05, 4.69) is 29.4 Å². The summed E-state index contributed by atoms with van der Waals surface area (Å²) in [6.07, 6.45) is 1.49. The first kappa shape index (κ1) is 13.2. The van der Waals surface area contributed by atoms with Crippen molar-refractivity contribution >= 4 is 55.8 Å². The molecular weight excluding hydrogens is 303 g/mol. The number of thiazole rings is 1. The Morgan fingerprint density at radius 1 is 1.58 bits per heavy atom. The van der Waals surface area contributed by atoms with Crippen LogP contribution in [0.15, 0.2) is 18.2 Å². The number of amides is 1. The minimum Gasteiger partial charge on any atom is -0.302 e. The number of nitrogens with zero attached hydrogens (tertiary/aromatic N) is 1. The minimum absolute atomic E-state index is 0.153. The van der Waals surface area contributed by atoms with Gasteiger partial charge in [-0.25, -0.2) is 4.98 Å². The van der Waals surface area contributed by atoms with Crippen LogP contribution < -0.4 is 5.32 Å². The van der Waals surface area contributed by atoms with E-state index >= 15 is 0 Å². The van der Waals surface area contributed by atoms with E-state index in [0.29, 0.717) is 11.6 Å². The quantitative estimate of drug-likeness (QED) is 0.870. The van der Waals surface area contributed by atoms with E-state index in [1.807, 2.05) is 6.07 Å². The molecule has 3 rings (SSSR count). The summed E-state index contributed by atoms with van der Waals surface area (Å²) in [5.41, 5.74) is 2.16. The molecule has 1 aliphatic rings. The Balaban J connectivity index is 1.80. The molecular formula is C13H12Cl2N2OS. The lowest BCUT2D eigenvalue weighted by molar-refractivity contribution is -0.117. The first-order chi connectivity index (χ1) is 8.99. The molecule has 1 atom stereocenters. The lowest BCUT2D eigenvalue weighted by Gasteiger charge is -2.00. The molecule has 19 heavy (non-hydrogen) atoms. The molecule has 0 saturated heterocycles. The molecule has 6 heteroatoms. The van der Waals surface area contributed by atoms with Gasteiger partial charge in [-0.3, -0.25) is 4.79 Å². The maximum atomic E-state index is 11.9. The van der Waals surface area contributed by atoms with Gasteiger partial charge in [0.15, 0.2) is 5.13 Å². The van der Waals surface area contributed by atoms with Crippen LogP contribution in [0.25, 0.3) is 10.2 Å². The molecule has 1 aromatic carbocycles. The summed E-state index contributed by atoms with van der Waals surface area (Å²) in [5, 5.41) is 3.39. The zero-order chi connectivity index (χ0) is 13.6. The Bertz CT molecular complexity index is 653. The topological polar surface area (TPSA) is 42.0 Å². The van der Waals surface area contributed by atoms with Gasteiger partial charge in [0.05, 0.1) is 16.1 Å². The van der Waals surface area contributed by atoms with Crippen LogP contribution in [0.4, 0.5) is 5.13 Å². The summed E-state index contributed by atoms with van der Waals surface area (Å²) >= 11 is 13.2. The number of anilines is 1. The number of hydrogen-bond acceptors (Lipinski definition) is 3. The van der Waals surface area contributed by atoms with Crippen molar-refractivity contribution in [2.24, 2.45) is 5.92 Å². The number of halogens is 2. The maximum Gasteiger partial charge on any atom is 0.232 e. The third-order valence-electron chi connectivity index (χ3n) is 3.23. The van der Waals surface area contributed by atoms with Crippen LogP contribution in [0.5, 0.6) is 0 Å². The molecule has 1 heterocycles. The fourth-order valence-electron chi connectivity index (χ4n) is 1.93. The molecule has 1 aliphatic carbocycles. The Kier molecular flexibility index (Phi) is 3.20. The second-order valence-electron chi connectivity index (χ2n) is 4.68. The van der Waals surface area contributed by atoms with Crippen LogP contribution in [0.2, 0.25) is 0 Å². The molecule has 0 bridgehead atoms. The molecule has 1 fully saturated rings. The van der Waals surface area contributed by atoms with Crippen molar-refractivity contribution < 1.29 is 4.79 Å². The summed E-state index contributed by atoms with van der Waals surface area (Å²) in [6.45, 7) is 2.11. The molecule has 0 spiro atoms. The van der Waals surface area contributed by atoms with Gasteiger partial charge in [-0.05, 0) is 30.5 Å².